The summed E-state index contributed by atoms with van der Waals surface area (Å²) in [4.78, 5) is 29.1. The summed E-state index contributed by atoms with van der Waals surface area (Å²) in [6.07, 6.45) is 7.51. The zero-order chi connectivity index (χ0) is 19.7. The number of hydrogen-bond donors (Lipinski definition) is 0. The molecule has 2 atom stereocenters. The topological polar surface area (TPSA) is 40.6 Å². The van der Waals surface area contributed by atoms with Crippen LogP contribution in [0.1, 0.15) is 55.3 Å². The molecular formula is C22H28F2N2O2. The number of carbonyl (C=O) groups excluding carboxylic acids is 2. The van der Waals surface area contributed by atoms with E-state index < -0.39 is 17.5 Å². The highest BCUT2D eigenvalue weighted by molar-refractivity contribution is 5.94. The second-order valence-electron chi connectivity index (χ2n) is 8.57. The first-order chi connectivity index (χ1) is 13.5. The number of carbonyl (C=O) groups is 2. The van der Waals surface area contributed by atoms with E-state index in [1.807, 2.05) is 4.90 Å². The molecule has 1 aromatic carbocycles. The average Bonchev–Trinajstić information content (AvgIpc) is 2.72. The summed E-state index contributed by atoms with van der Waals surface area (Å²) < 4.78 is 27.0. The second-order valence-corrected chi connectivity index (χ2v) is 8.57. The Morgan fingerprint density at radius 1 is 0.857 bits per heavy atom. The largest absolute Gasteiger partial charge is 0.342 e. The van der Waals surface area contributed by atoms with Crippen molar-refractivity contribution in [3.8, 4) is 0 Å². The van der Waals surface area contributed by atoms with Gasteiger partial charge in [-0.2, -0.15) is 0 Å². The van der Waals surface area contributed by atoms with Crippen LogP contribution in [0, 0.1) is 29.4 Å². The molecule has 0 aromatic heterocycles. The maximum Gasteiger partial charge on any atom is 0.256 e. The molecule has 0 bridgehead atoms. The molecule has 1 aliphatic carbocycles. The molecule has 0 unspecified atom stereocenters. The maximum absolute atomic E-state index is 13.9. The Labute approximate surface area is 164 Å². The van der Waals surface area contributed by atoms with Crippen molar-refractivity contribution in [1.29, 1.82) is 0 Å². The van der Waals surface area contributed by atoms with E-state index in [4.69, 9.17) is 0 Å². The highest BCUT2D eigenvalue weighted by Gasteiger charge is 2.36. The number of fused-ring (bicyclic) bond motifs is 1. The molecule has 3 fully saturated rings. The minimum absolute atomic E-state index is 0.0535. The fourth-order valence-electron chi connectivity index (χ4n) is 5.22. The Balaban J connectivity index is 1.32. The lowest BCUT2D eigenvalue weighted by atomic mass is 9.75. The molecule has 28 heavy (non-hydrogen) atoms. The Bertz CT molecular complexity index is 746. The van der Waals surface area contributed by atoms with Crippen molar-refractivity contribution in [3.05, 3.63) is 35.4 Å². The van der Waals surface area contributed by atoms with Gasteiger partial charge in [0.2, 0.25) is 5.91 Å². The van der Waals surface area contributed by atoms with Crippen LogP contribution >= 0.6 is 0 Å². The van der Waals surface area contributed by atoms with Gasteiger partial charge in [-0.25, -0.2) is 8.78 Å². The fourth-order valence-corrected chi connectivity index (χ4v) is 5.22. The molecule has 0 radical (unpaired) electrons. The van der Waals surface area contributed by atoms with Crippen molar-refractivity contribution >= 4 is 11.8 Å². The van der Waals surface area contributed by atoms with Crippen molar-refractivity contribution in [1.82, 2.24) is 9.80 Å². The smallest absolute Gasteiger partial charge is 0.256 e. The summed E-state index contributed by atoms with van der Waals surface area (Å²) in [6.45, 7) is 2.63. The van der Waals surface area contributed by atoms with Crippen molar-refractivity contribution in [2.24, 2.45) is 17.8 Å². The van der Waals surface area contributed by atoms with Crippen LogP contribution in [-0.4, -0.2) is 47.8 Å². The number of hydrogen-bond acceptors (Lipinski definition) is 2. The van der Waals surface area contributed by atoms with Crippen LogP contribution in [0.3, 0.4) is 0 Å². The number of benzene rings is 1. The molecule has 0 N–H and O–H groups in total. The van der Waals surface area contributed by atoms with Crippen LogP contribution in [0.15, 0.2) is 18.2 Å². The number of amides is 2. The zero-order valence-corrected chi connectivity index (χ0v) is 16.2. The monoisotopic (exact) mass is 390 g/mol. The lowest BCUT2D eigenvalue weighted by Gasteiger charge is -2.43. The molecule has 2 amide bonds. The Morgan fingerprint density at radius 2 is 1.54 bits per heavy atom. The van der Waals surface area contributed by atoms with Gasteiger partial charge in [0.05, 0.1) is 5.56 Å². The SMILES string of the molecule is O=C(c1ccc(F)cc1F)N1CCC(C(=O)N2CC[C@@H]3CCCC[C@@H]3C2)CC1. The van der Waals surface area contributed by atoms with Crippen molar-refractivity contribution < 1.29 is 18.4 Å². The van der Waals surface area contributed by atoms with Gasteiger partial charge in [0.25, 0.3) is 5.91 Å². The first-order valence-corrected chi connectivity index (χ1v) is 10.6. The van der Waals surface area contributed by atoms with Gasteiger partial charge in [0.1, 0.15) is 11.6 Å². The van der Waals surface area contributed by atoms with E-state index in [2.05, 4.69) is 0 Å². The van der Waals surface area contributed by atoms with E-state index in [9.17, 15) is 18.4 Å². The maximum atomic E-state index is 13.9. The average molecular weight is 390 g/mol. The van der Waals surface area contributed by atoms with Crippen LogP contribution in [0.5, 0.6) is 0 Å². The molecule has 1 aromatic rings. The van der Waals surface area contributed by atoms with Crippen LogP contribution < -0.4 is 0 Å². The summed E-state index contributed by atoms with van der Waals surface area (Å²) in [6, 6.07) is 3.03. The quantitative estimate of drug-likeness (QED) is 0.770. The normalized spacial score (nSPS) is 26.1. The Morgan fingerprint density at radius 3 is 2.25 bits per heavy atom. The van der Waals surface area contributed by atoms with Gasteiger partial charge in [-0.15, -0.1) is 0 Å². The fraction of sp³-hybridized carbons (Fsp3) is 0.636. The van der Waals surface area contributed by atoms with Gasteiger partial charge in [-0.1, -0.05) is 19.3 Å². The van der Waals surface area contributed by atoms with Gasteiger partial charge in [-0.05, 0) is 49.7 Å². The van der Waals surface area contributed by atoms with Gasteiger partial charge in [0.15, 0.2) is 0 Å². The van der Waals surface area contributed by atoms with E-state index in [-0.39, 0.29) is 17.4 Å². The van der Waals surface area contributed by atoms with Crippen molar-refractivity contribution in [2.75, 3.05) is 26.2 Å². The van der Waals surface area contributed by atoms with Gasteiger partial charge in [-0.3, -0.25) is 9.59 Å². The van der Waals surface area contributed by atoms with Crippen LogP contribution in [0.25, 0.3) is 0 Å². The van der Waals surface area contributed by atoms with Crippen LogP contribution in [-0.2, 0) is 4.79 Å². The zero-order valence-electron chi connectivity index (χ0n) is 16.2. The molecule has 2 aliphatic heterocycles. The van der Waals surface area contributed by atoms with E-state index in [1.165, 1.54) is 31.7 Å². The van der Waals surface area contributed by atoms with Gasteiger partial charge >= 0.3 is 0 Å². The number of halogens is 2. The molecule has 4 nitrogen and oxygen atoms in total. The molecule has 2 heterocycles. The third-order valence-electron chi connectivity index (χ3n) is 6.90. The molecule has 6 heteroatoms. The third kappa shape index (κ3) is 3.91. The number of nitrogens with zero attached hydrogens (tertiary/aromatic N) is 2. The predicted octanol–water partition coefficient (Wildman–Crippen LogP) is 3.86. The number of likely N-dealkylation sites (tertiary alicyclic amines) is 2. The molecule has 3 aliphatic rings. The van der Waals surface area contributed by atoms with Crippen molar-refractivity contribution in [3.63, 3.8) is 0 Å². The molecule has 0 spiro atoms. The Hall–Kier alpha value is -1.98. The summed E-state index contributed by atoms with van der Waals surface area (Å²) in [7, 11) is 0. The first kappa shape index (κ1) is 19.3. The lowest BCUT2D eigenvalue weighted by Crippen LogP contribution is -2.49. The number of piperidine rings is 2. The molecule has 4 rings (SSSR count). The van der Waals surface area contributed by atoms with Crippen LogP contribution in [0.4, 0.5) is 8.78 Å². The predicted molar refractivity (Wildman–Crippen MR) is 102 cm³/mol. The van der Waals surface area contributed by atoms with Crippen molar-refractivity contribution in [2.45, 2.75) is 44.9 Å². The lowest BCUT2D eigenvalue weighted by molar-refractivity contribution is -0.140. The standard InChI is InChI=1S/C22H28F2N2O2/c23-18-5-6-19(20(24)13-18)22(28)25-10-8-16(9-11-25)21(27)26-12-7-15-3-1-2-4-17(15)14-26/h5-6,13,15-17H,1-4,7-12,14H2/t15-,17+/m0/s1. The highest BCUT2D eigenvalue weighted by Crippen LogP contribution is 2.37. The van der Waals surface area contributed by atoms with E-state index in [0.717, 1.165) is 37.6 Å². The first-order valence-electron chi connectivity index (χ1n) is 10.6. The van der Waals surface area contributed by atoms with Gasteiger partial charge < -0.3 is 9.80 Å². The molecule has 2 saturated heterocycles. The summed E-state index contributed by atoms with van der Waals surface area (Å²) in [5.74, 6) is -0.325. The van der Waals surface area contributed by atoms with E-state index >= 15 is 0 Å². The van der Waals surface area contributed by atoms with E-state index in [0.29, 0.717) is 31.8 Å². The molecular weight excluding hydrogens is 362 g/mol. The minimum atomic E-state index is -0.835. The minimum Gasteiger partial charge on any atom is -0.342 e. The third-order valence-corrected chi connectivity index (χ3v) is 6.90. The van der Waals surface area contributed by atoms with Crippen LogP contribution in [0.2, 0.25) is 0 Å². The molecule has 1 saturated carbocycles. The second kappa shape index (κ2) is 8.18. The summed E-state index contributed by atoms with van der Waals surface area (Å²) in [5.41, 5.74) is -0.106. The summed E-state index contributed by atoms with van der Waals surface area (Å²) >= 11 is 0. The molecule has 152 valence electrons. The summed E-state index contributed by atoms with van der Waals surface area (Å²) in [5, 5.41) is 0. The highest BCUT2D eigenvalue weighted by atomic mass is 19.1. The number of rotatable bonds is 2. The van der Waals surface area contributed by atoms with Gasteiger partial charge in [0, 0.05) is 38.2 Å². The Kier molecular flexibility index (Phi) is 5.65. The van der Waals surface area contributed by atoms with E-state index in [1.54, 1.807) is 4.90 Å².